The number of nitrogens with one attached hydrogen (secondary N) is 1. The lowest BCUT2D eigenvalue weighted by Crippen LogP contribution is -2.25. The second-order valence-corrected chi connectivity index (χ2v) is 6.02. The number of hydrogen-bond donors (Lipinski definition) is 1. The van der Waals surface area contributed by atoms with E-state index in [1.807, 2.05) is 0 Å². The minimum absolute atomic E-state index is 0.424. The monoisotopic (exact) mass is 233 g/mol. The van der Waals surface area contributed by atoms with Crippen molar-refractivity contribution in [1.82, 2.24) is 15.5 Å². The molecule has 1 unspecified atom stereocenters. The molecule has 4 nitrogen and oxygen atoms in total. The summed E-state index contributed by atoms with van der Waals surface area (Å²) in [6.45, 7) is 2.16. The van der Waals surface area contributed by atoms with Crippen LogP contribution < -0.4 is 5.32 Å². The van der Waals surface area contributed by atoms with Crippen LogP contribution >= 0.6 is 0 Å². The lowest BCUT2D eigenvalue weighted by Gasteiger charge is -2.27. The molecule has 17 heavy (non-hydrogen) atoms. The van der Waals surface area contributed by atoms with Crippen molar-refractivity contribution in [2.75, 3.05) is 13.1 Å². The minimum Gasteiger partial charge on any atom is -0.339 e. The van der Waals surface area contributed by atoms with E-state index in [4.69, 9.17) is 4.52 Å². The topological polar surface area (TPSA) is 51.0 Å². The molecule has 0 aromatic carbocycles. The SMILES string of the molecule is C1CCC2(C1)CNCC2c1nc(C2CC2)no1. The van der Waals surface area contributed by atoms with Crippen molar-refractivity contribution < 1.29 is 4.52 Å². The van der Waals surface area contributed by atoms with Crippen LogP contribution in [0.1, 0.15) is 62.1 Å². The zero-order valence-electron chi connectivity index (χ0n) is 10.1. The molecule has 1 saturated heterocycles. The molecule has 1 spiro atoms. The first-order chi connectivity index (χ1) is 8.37. The van der Waals surface area contributed by atoms with Gasteiger partial charge in [-0.25, -0.2) is 0 Å². The van der Waals surface area contributed by atoms with Gasteiger partial charge in [-0.1, -0.05) is 18.0 Å². The highest BCUT2D eigenvalue weighted by atomic mass is 16.5. The molecular weight excluding hydrogens is 214 g/mol. The van der Waals surface area contributed by atoms with Gasteiger partial charge in [-0.3, -0.25) is 0 Å². The van der Waals surface area contributed by atoms with E-state index in [1.165, 1.54) is 38.5 Å². The summed E-state index contributed by atoms with van der Waals surface area (Å²) in [5, 5.41) is 7.69. The van der Waals surface area contributed by atoms with Gasteiger partial charge in [-0.05, 0) is 31.1 Å². The molecule has 1 aromatic rings. The van der Waals surface area contributed by atoms with Crippen LogP contribution in [0.2, 0.25) is 0 Å². The van der Waals surface area contributed by atoms with E-state index in [-0.39, 0.29) is 0 Å². The molecule has 4 rings (SSSR count). The summed E-state index contributed by atoms with van der Waals surface area (Å²) in [7, 11) is 0. The van der Waals surface area contributed by atoms with Gasteiger partial charge in [0.15, 0.2) is 5.82 Å². The summed E-state index contributed by atoms with van der Waals surface area (Å²) in [6.07, 6.45) is 7.86. The first-order valence-electron chi connectivity index (χ1n) is 6.92. The fourth-order valence-electron chi connectivity index (χ4n) is 3.65. The van der Waals surface area contributed by atoms with Crippen LogP contribution in [0, 0.1) is 5.41 Å². The van der Waals surface area contributed by atoms with Gasteiger partial charge in [0.2, 0.25) is 5.89 Å². The normalized spacial score (nSPS) is 31.4. The number of aromatic nitrogens is 2. The zero-order chi connectivity index (χ0) is 11.3. The number of nitrogens with zero attached hydrogens (tertiary/aromatic N) is 2. The maximum absolute atomic E-state index is 5.54. The van der Waals surface area contributed by atoms with E-state index in [0.717, 1.165) is 24.8 Å². The fraction of sp³-hybridized carbons (Fsp3) is 0.846. The molecule has 1 atom stereocenters. The molecule has 2 aliphatic carbocycles. The van der Waals surface area contributed by atoms with E-state index in [1.54, 1.807) is 0 Å². The van der Waals surface area contributed by atoms with Crippen molar-refractivity contribution in [1.29, 1.82) is 0 Å². The van der Waals surface area contributed by atoms with Gasteiger partial charge >= 0.3 is 0 Å². The molecule has 92 valence electrons. The Morgan fingerprint density at radius 1 is 1.24 bits per heavy atom. The Morgan fingerprint density at radius 2 is 2.06 bits per heavy atom. The molecule has 2 heterocycles. The predicted octanol–water partition coefficient (Wildman–Crippen LogP) is 2.19. The lowest BCUT2D eigenvalue weighted by molar-refractivity contribution is 0.241. The Balaban J connectivity index is 1.63. The van der Waals surface area contributed by atoms with Gasteiger partial charge in [0.05, 0.1) is 5.92 Å². The third-order valence-corrected chi connectivity index (χ3v) is 4.86. The predicted molar refractivity (Wildman–Crippen MR) is 62.8 cm³/mol. The largest absolute Gasteiger partial charge is 0.339 e. The molecule has 3 aliphatic rings. The Hall–Kier alpha value is -0.900. The Bertz CT molecular complexity index is 413. The Kier molecular flexibility index (Phi) is 2.10. The highest BCUT2D eigenvalue weighted by molar-refractivity contribution is 5.13. The quantitative estimate of drug-likeness (QED) is 0.850. The van der Waals surface area contributed by atoms with E-state index in [9.17, 15) is 0 Å². The van der Waals surface area contributed by atoms with Crippen LogP contribution in [0.15, 0.2) is 4.52 Å². The summed E-state index contributed by atoms with van der Waals surface area (Å²) in [5.41, 5.74) is 0.424. The second kappa shape index (κ2) is 3.55. The van der Waals surface area contributed by atoms with E-state index in [0.29, 0.717) is 17.3 Å². The van der Waals surface area contributed by atoms with E-state index in [2.05, 4.69) is 15.5 Å². The van der Waals surface area contributed by atoms with Crippen LogP contribution in [0.4, 0.5) is 0 Å². The third-order valence-electron chi connectivity index (χ3n) is 4.86. The van der Waals surface area contributed by atoms with E-state index < -0.39 is 0 Å². The summed E-state index contributed by atoms with van der Waals surface area (Å²) in [5.74, 6) is 2.92. The van der Waals surface area contributed by atoms with Gasteiger partial charge in [0.25, 0.3) is 0 Å². The van der Waals surface area contributed by atoms with Crippen LogP contribution in [-0.2, 0) is 0 Å². The Labute approximate surface area is 101 Å². The van der Waals surface area contributed by atoms with Crippen molar-refractivity contribution in [3.63, 3.8) is 0 Å². The van der Waals surface area contributed by atoms with Crippen molar-refractivity contribution in [3.8, 4) is 0 Å². The summed E-state index contributed by atoms with van der Waals surface area (Å²) < 4.78 is 5.54. The van der Waals surface area contributed by atoms with E-state index >= 15 is 0 Å². The van der Waals surface area contributed by atoms with Gasteiger partial charge in [0.1, 0.15) is 0 Å². The first kappa shape index (κ1) is 10.1. The summed E-state index contributed by atoms with van der Waals surface area (Å²) in [4.78, 5) is 4.66. The standard InChI is InChI=1S/C13H19N3O/c1-2-6-13(5-1)8-14-7-10(13)12-15-11(16-17-12)9-3-4-9/h9-10,14H,1-8H2. The molecular formula is C13H19N3O. The number of rotatable bonds is 2. The molecule has 1 aliphatic heterocycles. The fourth-order valence-corrected chi connectivity index (χ4v) is 3.65. The molecule has 1 aromatic heterocycles. The Morgan fingerprint density at radius 3 is 2.82 bits per heavy atom. The maximum atomic E-state index is 5.54. The molecule has 1 N–H and O–H groups in total. The molecule has 0 amide bonds. The summed E-state index contributed by atoms with van der Waals surface area (Å²) >= 11 is 0. The number of hydrogen-bond acceptors (Lipinski definition) is 4. The van der Waals surface area contributed by atoms with Crippen molar-refractivity contribution >= 4 is 0 Å². The van der Waals surface area contributed by atoms with Crippen LogP contribution in [-0.4, -0.2) is 23.2 Å². The van der Waals surface area contributed by atoms with Crippen molar-refractivity contribution in [3.05, 3.63) is 11.7 Å². The first-order valence-corrected chi connectivity index (χ1v) is 6.92. The highest BCUT2D eigenvalue weighted by Gasteiger charge is 2.48. The van der Waals surface area contributed by atoms with Crippen molar-refractivity contribution in [2.24, 2.45) is 5.41 Å². The maximum Gasteiger partial charge on any atom is 0.231 e. The van der Waals surface area contributed by atoms with Gasteiger partial charge in [-0.15, -0.1) is 0 Å². The van der Waals surface area contributed by atoms with Gasteiger partial charge in [-0.2, -0.15) is 4.98 Å². The highest BCUT2D eigenvalue weighted by Crippen LogP contribution is 2.50. The molecule has 3 fully saturated rings. The van der Waals surface area contributed by atoms with Crippen molar-refractivity contribution in [2.45, 2.75) is 50.4 Å². The molecule has 0 radical (unpaired) electrons. The minimum atomic E-state index is 0.424. The van der Waals surface area contributed by atoms with Gasteiger partial charge in [0, 0.05) is 19.0 Å². The van der Waals surface area contributed by atoms with Crippen LogP contribution in [0.5, 0.6) is 0 Å². The average Bonchev–Trinajstić information content (AvgIpc) is 2.83. The van der Waals surface area contributed by atoms with Crippen LogP contribution in [0.25, 0.3) is 0 Å². The molecule has 0 bridgehead atoms. The summed E-state index contributed by atoms with van der Waals surface area (Å²) in [6, 6.07) is 0. The van der Waals surface area contributed by atoms with Crippen LogP contribution in [0.3, 0.4) is 0 Å². The third kappa shape index (κ3) is 1.53. The van der Waals surface area contributed by atoms with Gasteiger partial charge < -0.3 is 9.84 Å². The molecule has 4 heteroatoms. The lowest BCUT2D eigenvalue weighted by atomic mass is 9.76. The second-order valence-electron chi connectivity index (χ2n) is 6.02. The zero-order valence-corrected chi connectivity index (χ0v) is 10.1. The smallest absolute Gasteiger partial charge is 0.231 e. The molecule has 2 saturated carbocycles. The average molecular weight is 233 g/mol.